The Bertz CT molecular complexity index is 423. The van der Waals surface area contributed by atoms with Gasteiger partial charge < -0.3 is 10.6 Å². The molecule has 1 saturated heterocycles. The zero-order valence-electron chi connectivity index (χ0n) is 15.6. The number of nitrogens with one attached hydrogen (secondary N) is 2. The molecular weight excluding hydrogens is 329 g/mol. The second-order valence-corrected chi connectivity index (χ2v) is 7.99. The Kier molecular flexibility index (Phi) is 7.40. The lowest BCUT2D eigenvalue weighted by atomic mass is 9.89. The third-order valence-corrected chi connectivity index (χ3v) is 5.67. The molecular formula is C18H33F3N4. The van der Waals surface area contributed by atoms with E-state index in [0.29, 0.717) is 24.4 Å². The van der Waals surface area contributed by atoms with E-state index >= 15 is 0 Å². The van der Waals surface area contributed by atoms with Gasteiger partial charge in [-0.2, -0.15) is 13.2 Å². The maximum Gasteiger partial charge on any atom is 0.401 e. The van der Waals surface area contributed by atoms with E-state index < -0.39 is 12.7 Å². The average molecular weight is 362 g/mol. The van der Waals surface area contributed by atoms with Crippen LogP contribution in [0.15, 0.2) is 4.99 Å². The van der Waals surface area contributed by atoms with Crippen molar-refractivity contribution < 1.29 is 13.2 Å². The van der Waals surface area contributed by atoms with Gasteiger partial charge in [0.05, 0.1) is 6.54 Å². The SMILES string of the molecule is CN=C(NCCC1CCN(CC(F)(F)F)CC1)NCC1(C)CCCC1. The Morgan fingerprint density at radius 1 is 1.16 bits per heavy atom. The van der Waals surface area contributed by atoms with Crippen LogP contribution < -0.4 is 10.6 Å². The smallest absolute Gasteiger partial charge is 0.356 e. The Labute approximate surface area is 149 Å². The van der Waals surface area contributed by atoms with E-state index in [9.17, 15) is 13.2 Å². The van der Waals surface area contributed by atoms with Crippen LogP contribution in [0, 0.1) is 11.3 Å². The molecule has 1 heterocycles. The fourth-order valence-corrected chi connectivity index (χ4v) is 4.00. The van der Waals surface area contributed by atoms with Crippen molar-refractivity contribution in [2.24, 2.45) is 16.3 Å². The second-order valence-electron chi connectivity index (χ2n) is 7.99. The number of guanidine groups is 1. The lowest BCUT2D eigenvalue weighted by molar-refractivity contribution is -0.148. The van der Waals surface area contributed by atoms with Crippen molar-refractivity contribution in [1.29, 1.82) is 0 Å². The molecule has 2 aliphatic rings. The van der Waals surface area contributed by atoms with E-state index in [2.05, 4.69) is 22.5 Å². The number of likely N-dealkylation sites (tertiary alicyclic amines) is 1. The highest BCUT2D eigenvalue weighted by Crippen LogP contribution is 2.36. The van der Waals surface area contributed by atoms with Crippen molar-refractivity contribution in [1.82, 2.24) is 15.5 Å². The van der Waals surface area contributed by atoms with Crippen LogP contribution in [0.1, 0.15) is 51.9 Å². The van der Waals surface area contributed by atoms with E-state index in [1.54, 1.807) is 7.05 Å². The number of hydrogen-bond acceptors (Lipinski definition) is 2. The molecule has 7 heteroatoms. The summed E-state index contributed by atoms with van der Waals surface area (Å²) in [6.07, 6.45) is 3.78. The molecule has 1 aliphatic carbocycles. The maximum atomic E-state index is 12.4. The molecule has 1 aliphatic heterocycles. The van der Waals surface area contributed by atoms with Gasteiger partial charge >= 0.3 is 6.18 Å². The highest BCUT2D eigenvalue weighted by atomic mass is 19.4. The Hall–Kier alpha value is -0.980. The number of rotatable bonds is 6. The molecule has 2 N–H and O–H groups in total. The molecule has 0 aromatic rings. The Balaban J connectivity index is 1.60. The predicted molar refractivity (Wildman–Crippen MR) is 95.8 cm³/mol. The molecule has 0 aromatic carbocycles. The fourth-order valence-electron chi connectivity index (χ4n) is 4.00. The summed E-state index contributed by atoms with van der Waals surface area (Å²) in [6.45, 7) is 4.43. The number of hydrogen-bond donors (Lipinski definition) is 2. The minimum Gasteiger partial charge on any atom is -0.356 e. The van der Waals surface area contributed by atoms with Gasteiger partial charge in [0, 0.05) is 20.1 Å². The van der Waals surface area contributed by atoms with Crippen molar-refractivity contribution in [3.8, 4) is 0 Å². The maximum absolute atomic E-state index is 12.4. The molecule has 1 saturated carbocycles. The van der Waals surface area contributed by atoms with Gasteiger partial charge in [0.15, 0.2) is 5.96 Å². The number of halogens is 3. The third-order valence-electron chi connectivity index (χ3n) is 5.67. The van der Waals surface area contributed by atoms with Gasteiger partial charge in [-0.25, -0.2) is 0 Å². The van der Waals surface area contributed by atoms with E-state index in [1.165, 1.54) is 30.6 Å². The normalized spacial score (nSPS) is 23.0. The molecule has 0 spiro atoms. The monoisotopic (exact) mass is 362 g/mol. The molecule has 0 radical (unpaired) electrons. The first-order valence-electron chi connectivity index (χ1n) is 9.53. The first-order chi connectivity index (χ1) is 11.8. The van der Waals surface area contributed by atoms with Crippen LogP contribution in [-0.2, 0) is 0 Å². The van der Waals surface area contributed by atoms with E-state index in [0.717, 1.165) is 38.3 Å². The van der Waals surface area contributed by atoms with Crippen LogP contribution >= 0.6 is 0 Å². The molecule has 2 rings (SSSR count). The highest BCUT2D eigenvalue weighted by Gasteiger charge is 2.32. The zero-order chi connectivity index (χ0) is 18.3. The predicted octanol–water partition coefficient (Wildman–Crippen LogP) is 3.40. The van der Waals surface area contributed by atoms with Gasteiger partial charge in [-0.05, 0) is 56.5 Å². The molecule has 2 fully saturated rings. The van der Waals surface area contributed by atoms with Gasteiger partial charge in [-0.15, -0.1) is 0 Å². The van der Waals surface area contributed by atoms with Crippen molar-refractivity contribution in [2.45, 2.75) is 58.0 Å². The molecule has 0 amide bonds. The largest absolute Gasteiger partial charge is 0.401 e. The zero-order valence-corrected chi connectivity index (χ0v) is 15.6. The Morgan fingerprint density at radius 3 is 2.36 bits per heavy atom. The minimum absolute atomic E-state index is 0.378. The van der Waals surface area contributed by atoms with E-state index in [1.807, 2.05) is 0 Å². The van der Waals surface area contributed by atoms with E-state index in [4.69, 9.17) is 0 Å². The van der Waals surface area contributed by atoms with Gasteiger partial charge in [0.1, 0.15) is 0 Å². The summed E-state index contributed by atoms with van der Waals surface area (Å²) < 4.78 is 37.2. The highest BCUT2D eigenvalue weighted by molar-refractivity contribution is 5.79. The first kappa shape index (κ1) is 20.3. The molecule has 0 atom stereocenters. The summed E-state index contributed by atoms with van der Waals surface area (Å²) in [7, 11) is 1.78. The summed E-state index contributed by atoms with van der Waals surface area (Å²) in [5.41, 5.74) is 0.378. The van der Waals surface area contributed by atoms with Crippen molar-refractivity contribution in [3.05, 3.63) is 0 Å². The van der Waals surface area contributed by atoms with Gasteiger partial charge in [-0.1, -0.05) is 19.8 Å². The standard InChI is InChI=1S/C18H33F3N4/c1-17(8-3-4-9-17)13-24-16(22-2)23-10-5-15-6-11-25(12-7-15)14-18(19,20)21/h15H,3-14H2,1-2H3,(H2,22,23,24). The molecule has 146 valence electrons. The number of piperidine rings is 1. The summed E-state index contributed by atoms with van der Waals surface area (Å²) in [5, 5.41) is 6.78. The molecule has 25 heavy (non-hydrogen) atoms. The molecule has 0 aromatic heterocycles. The van der Waals surface area contributed by atoms with Crippen LogP contribution in [0.4, 0.5) is 13.2 Å². The van der Waals surface area contributed by atoms with Crippen molar-refractivity contribution in [3.63, 3.8) is 0 Å². The summed E-state index contributed by atoms with van der Waals surface area (Å²) >= 11 is 0. The fraction of sp³-hybridized carbons (Fsp3) is 0.944. The average Bonchev–Trinajstić information content (AvgIpc) is 2.98. The summed E-state index contributed by atoms with van der Waals surface area (Å²) in [4.78, 5) is 5.80. The summed E-state index contributed by atoms with van der Waals surface area (Å²) in [6, 6.07) is 0. The van der Waals surface area contributed by atoms with Crippen molar-refractivity contribution in [2.75, 3.05) is 39.8 Å². The van der Waals surface area contributed by atoms with Gasteiger partial charge in [0.2, 0.25) is 0 Å². The molecule has 0 unspecified atom stereocenters. The van der Waals surface area contributed by atoms with Crippen LogP contribution in [-0.4, -0.2) is 56.8 Å². The van der Waals surface area contributed by atoms with Gasteiger partial charge in [-0.3, -0.25) is 9.89 Å². The van der Waals surface area contributed by atoms with Crippen LogP contribution in [0.3, 0.4) is 0 Å². The van der Waals surface area contributed by atoms with Crippen LogP contribution in [0.25, 0.3) is 0 Å². The van der Waals surface area contributed by atoms with E-state index in [-0.39, 0.29) is 0 Å². The quantitative estimate of drug-likeness (QED) is 0.562. The Morgan fingerprint density at radius 2 is 1.80 bits per heavy atom. The minimum atomic E-state index is -4.08. The first-order valence-corrected chi connectivity index (χ1v) is 9.53. The molecule has 4 nitrogen and oxygen atoms in total. The van der Waals surface area contributed by atoms with Crippen molar-refractivity contribution >= 4 is 5.96 Å². The molecule has 0 bridgehead atoms. The number of aliphatic imine (C=N–C) groups is 1. The topological polar surface area (TPSA) is 39.7 Å². The lowest BCUT2D eigenvalue weighted by Gasteiger charge is -2.32. The van der Waals surface area contributed by atoms with Gasteiger partial charge in [0.25, 0.3) is 0 Å². The third kappa shape index (κ3) is 7.42. The number of nitrogens with zero attached hydrogens (tertiary/aromatic N) is 2. The second kappa shape index (κ2) is 9.10. The van der Waals surface area contributed by atoms with Crippen LogP contribution in [0.5, 0.6) is 0 Å². The van der Waals surface area contributed by atoms with Crippen LogP contribution in [0.2, 0.25) is 0 Å². The number of alkyl halides is 3. The lowest BCUT2D eigenvalue weighted by Crippen LogP contribution is -2.43. The summed E-state index contributed by atoms with van der Waals surface area (Å²) in [5.74, 6) is 1.34.